The highest BCUT2D eigenvalue weighted by atomic mass is 16.5. The van der Waals surface area contributed by atoms with E-state index in [1.54, 1.807) is 19.9 Å². The molecule has 4 nitrogen and oxygen atoms in total. The number of carbonyl (C=O) groups is 1. The van der Waals surface area contributed by atoms with Gasteiger partial charge in [-0.2, -0.15) is 0 Å². The maximum Gasteiger partial charge on any atom is 0.310 e. The van der Waals surface area contributed by atoms with Crippen LogP contribution in [0, 0.1) is 13.8 Å². The van der Waals surface area contributed by atoms with Gasteiger partial charge in [-0.3, -0.25) is 4.79 Å². The maximum atomic E-state index is 11.6. The topological polar surface area (TPSA) is 66.8 Å². The lowest BCUT2D eigenvalue weighted by atomic mass is 9.95. The van der Waals surface area contributed by atoms with Gasteiger partial charge in [-0.25, -0.2) is 0 Å². The van der Waals surface area contributed by atoms with Crippen LogP contribution in [0.4, 0.5) is 0 Å². The summed E-state index contributed by atoms with van der Waals surface area (Å²) in [5.74, 6) is -0.291. The molecule has 2 N–H and O–H groups in total. The highest BCUT2D eigenvalue weighted by Gasteiger charge is 2.18. The van der Waals surface area contributed by atoms with Crippen LogP contribution in [-0.4, -0.2) is 22.8 Å². The summed E-state index contributed by atoms with van der Waals surface area (Å²) in [5.41, 5.74) is 1.91. The third-order valence-corrected chi connectivity index (χ3v) is 3.41. The Balaban J connectivity index is 2.61. The lowest BCUT2D eigenvalue weighted by Gasteiger charge is -2.14. The van der Waals surface area contributed by atoms with E-state index in [-0.39, 0.29) is 24.5 Å². The van der Waals surface area contributed by atoms with Crippen LogP contribution in [0.25, 0.3) is 10.8 Å². The van der Waals surface area contributed by atoms with Crippen LogP contribution in [0.2, 0.25) is 0 Å². The van der Waals surface area contributed by atoms with Crippen molar-refractivity contribution in [1.29, 1.82) is 0 Å². The van der Waals surface area contributed by atoms with Gasteiger partial charge in [-0.15, -0.1) is 0 Å². The first kappa shape index (κ1) is 14.2. The first-order chi connectivity index (χ1) is 9.45. The van der Waals surface area contributed by atoms with Gasteiger partial charge in [0.15, 0.2) is 0 Å². The highest BCUT2D eigenvalue weighted by molar-refractivity contribution is 5.96. The summed E-state index contributed by atoms with van der Waals surface area (Å²) >= 11 is 0. The average molecular weight is 274 g/mol. The van der Waals surface area contributed by atoms with Crippen molar-refractivity contribution in [3.63, 3.8) is 0 Å². The van der Waals surface area contributed by atoms with Crippen molar-refractivity contribution in [2.24, 2.45) is 0 Å². The number of ether oxygens (including phenoxy) is 1. The molecule has 2 aromatic rings. The number of aryl methyl sites for hydroxylation is 1. The van der Waals surface area contributed by atoms with Crippen molar-refractivity contribution in [3.05, 3.63) is 34.9 Å². The molecule has 2 rings (SSSR count). The molecule has 0 saturated heterocycles. The van der Waals surface area contributed by atoms with Crippen LogP contribution < -0.4 is 0 Å². The van der Waals surface area contributed by atoms with Crippen LogP contribution in [0.5, 0.6) is 11.5 Å². The summed E-state index contributed by atoms with van der Waals surface area (Å²) in [4.78, 5) is 11.6. The van der Waals surface area contributed by atoms with Crippen LogP contribution in [0.1, 0.15) is 23.6 Å². The van der Waals surface area contributed by atoms with Crippen molar-refractivity contribution in [1.82, 2.24) is 0 Å². The molecule has 0 atom stereocenters. The highest BCUT2D eigenvalue weighted by Crippen LogP contribution is 2.39. The molecule has 0 radical (unpaired) electrons. The molecule has 0 bridgehead atoms. The van der Waals surface area contributed by atoms with E-state index in [1.165, 1.54) is 0 Å². The summed E-state index contributed by atoms with van der Waals surface area (Å²) in [6, 6.07) is 5.41. The van der Waals surface area contributed by atoms with Gasteiger partial charge in [-0.1, -0.05) is 17.7 Å². The van der Waals surface area contributed by atoms with Crippen LogP contribution in [0.15, 0.2) is 18.2 Å². The van der Waals surface area contributed by atoms with E-state index < -0.39 is 5.97 Å². The predicted molar refractivity (Wildman–Crippen MR) is 77.1 cm³/mol. The Bertz CT molecular complexity index is 674. The van der Waals surface area contributed by atoms with Gasteiger partial charge in [0, 0.05) is 16.3 Å². The molecule has 0 amide bonds. The van der Waals surface area contributed by atoms with Crippen LogP contribution in [0.3, 0.4) is 0 Å². The molecule has 20 heavy (non-hydrogen) atoms. The number of rotatable bonds is 3. The number of carbonyl (C=O) groups excluding carboxylic acids is 1. The number of benzene rings is 2. The number of fused-ring (bicyclic) bond motifs is 1. The van der Waals surface area contributed by atoms with Gasteiger partial charge in [0.2, 0.25) is 0 Å². The van der Waals surface area contributed by atoms with E-state index in [2.05, 4.69) is 0 Å². The lowest BCUT2D eigenvalue weighted by molar-refractivity contribution is -0.142. The molecule has 0 aliphatic rings. The fourth-order valence-electron chi connectivity index (χ4n) is 2.32. The number of phenolic OH excluding ortho intramolecular Hbond substituents is 2. The Morgan fingerprint density at radius 3 is 2.50 bits per heavy atom. The van der Waals surface area contributed by atoms with Gasteiger partial charge in [-0.05, 0) is 32.4 Å². The summed E-state index contributed by atoms with van der Waals surface area (Å²) in [5, 5.41) is 21.7. The van der Waals surface area contributed by atoms with Crippen molar-refractivity contribution >= 4 is 16.7 Å². The van der Waals surface area contributed by atoms with Crippen molar-refractivity contribution in [3.8, 4) is 11.5 Å². The van der Waals surface area contributed by atoms with Gasteiger partial charge in [0.25, 0.3) is 0 Å². The Labute approximate surface area is 117 Å². The molecule has 0 fully saturated rings. The molecular formula is C16H18O4. The SMILES string of the molecule is CCOC(=O)Cc1c(C)c(O)c2cc(C)ccc2c1O. The Morgan fingerprint density at radius 2 is 1.85 bits per heavy atom. The zero-order chi connectivity index (χ0) is 14.9. The molecule has 0 spiro atoms. The molecule has 0 aromatic heterocycles. The second kappa shape index (κ2) is 5.41. The fraction of sp³-hybridized carbons (Fsp3) is 0.312. The third-order valence-electron chi connectivity index (χ3n) is 3.41. The van der Waals surface area contributed by atoms with E-state index >= 15 is 0 Å². The quantitative estimate of drug-likeness (QED) is 0.667. The number of esters is 1. The molecule has 106 valence electrons. The zero-order valence-corrected chi connectivity index (χ0v) is 11.9. The van der Waals surface area contributed by atoms with Crippen molar-refractivity contribution < 1.29 is 19.7 Å². The smallest absolute Gasteiger partial charge is 0.310 e. The second-order valence-electron chi connectivity index (χ2n) is 4.83. The van der Waals surface area contributed by atoms with E-state index in [0.29, 0.717) is 21.9 Å². The summed E-state index contributed by atoms with van der Waals surface area (Å²) in [7, 11) is 0. The van der Waals surface area contributed by atoms with E-state index in [9.17, 15) is 15.0 Å². The predicted octanol–water partition coefficient (Wildman–Crippen LogP) is 2.97. The van der Waals surface area contributed by atoms with E-state index in [1.807, 2.05) is 19.1 Å². The van der Waals surface area contributed by atoms with Crippen LogP contribution in [-0.2, 0) is 16.0 Å². The summed E-state index contributed by atoms with van der Waals surface area (Å²) in [6.07, 6.45) is -0.0527. The van der Waals surface area contributed by atoms with Gasteiger partial charge in [0.05, 0.1) is 13.0 Å². The number of phenols is 2. The largest absolute Gasteiger partial charge is 0.507 e. The zero-order valence-electron chi connectivity index (χ0n) is 11.9. The Hall–Kier alpha value is -2.23. The molecule has 2 aromatic carbocycles. The Kier molecular flexibility index (Phi) is 3.84. The Morgan fingerprint density at radius 1 is 1.15 bits per heavy atom. The maximum absolute atomic E-state index is 11.6. The minimum absolute atomic E-state index is 0.0309. The lowest BCUT2D eigenvalue weighted by Crippen LogP contribution is -2.09. The monoisotopic (exact) mass is 274 g/mol. The molecule has 0 aliphatic carbocycles. The molecule has 0 aliphatic heterocycles. The molecule has 0 saturated carbocycles. The van der Waals surface area contributed by atoms with Crippen molar-refractivity contribution in [2.75, 3.05) is 6.61 Å². The molecule has 0 unspecified atom stereocenters. The first-order valence-corrected chi connectivity index (χ1v) is 6.55. The third kappa shape index (κ3) is 2.41. The number of aromatic hydroxyl groups is 2. The van der Waals surface area contributed by atoms with Gasteiger partial charge in [0.1, 0.15) is 11.5 Å². The molecular weight excluding hydrogens is 256 g/mol. The van der Waals surface area contributed by atoms with Gasteiger partial charge < -0.3 is 14.9 Å². The molecule has 4 heteroatoms. The first-order valence-electron chi connectivity index (χ1n) is 6.55. The average Bonchev–Trinajstić information content (AvgIpc) is 2.41. The summed E-state index contributed by atoms with van der Waals surface area (Å²) in [6.45, 7) is 5.62. The normalized spacial score (nSPS) is 10.8. The fourth-order valence-corrected chi connectivity index (χ4v) is 2.32. The standard InChI is InChI=1S/C16H18O4/c1-4-20-14(17)8-12-10(3)15(18)13-7-9(2)5-6-11(13)16(12)19/h5-7,18-19H,4,8H2,1-3H3. The van der Waals surface area contributed by atoms with Gasteiger partial charge >= 0.3 is 5.97 Å². The molecule has 0 heterocycles. The van der Waals surface area contributed by atoms with Crippen LogP contribution >= 0.6 is 0 Å². The minimum Gasteiger partial charge on any atom is -0.507 e. The summed E-state index contributed by atoms with van der Waals surface area (Å²) < 4.78 is 4.90. The minimum atomic E-state index is -0.420. The second-order valence-corrected chi connectivity index (χ2v) is 4.83. The van der Waals surface area contributed by atoms with E-state index in [0.717, 1.165) is 5.56 Å². The van der Waals surface area contributed by atoms with Crippen molar-refractivity contribution in [2.45, 2.75) is 27.2 Å². The number of hydrogen-bond donors (Lipinski definition) is 2. The van der Waals surface area contributed by atoms with E-state index in [4.69, 9.17) is 4.74 Å². The number of hydrogen-bond acceptors (Lipinski definition) is 4.